The molecule has 5 rings (SSSR count). The van der Waals surface area contributed by atoms with Crippen LogP contribution in [0.3, 0.4) is 0 Å². The molecule has 2 aliphatic rings. The van der Waals surface area contributed by atoms with Crippen molar-refractivity contribution >= 4 is 58.2 Å². The largest absolute Gasteiger partial charge is 0.324 e. The van der Waals surface area contributed by atoms with Crippen molar-refractivity contribution in [3.63, 3.8) is 0 Å². The quantitative estimate of drug-likeness (QED) is 0.466. The van der Waals surface area contributed by atoms with E-state index in [1.807, 2.05) is 6.07 Å². The molecule has 0 aliphatic carbocycles. The Labute approximate surface area is 212 Å². The number of anilines is 3. The van der Waals surface area contributed by atoms with Gasteiger partial charge in [0.2, 0.25) is 5.95 Å². The summed E-state index contributed by atoms with van der Waals surface area (Å²) in [4.78, 5) is 26.1. The third-order valence-corrected chi connectivity index (χ3v) is 7.55. The molecule has 0 saturated carbocycles. The SMILES string of the molecule is Cc1cc(Nc2ncc3c(n2)SCN(c2c(Cl)cccc2Cl)C3=O)ccc1CN1CCNCC1. The van der Waals surface area contributed by atoms with Crippen LogP contribution in [0.5, 0.6) is 0 Å². The minimum atomic E-state index is -0.219. The van der Waals surface area contributed by atoms with Crippen LogP contribution in [0.1, 0.15) is 21.5 Å². The molecular weight excluding hydrogens is 491 g/mol. The maximum absolute atomic E-state index is 13.1. The van der Waals surface area contributed by atoms with Gasteiger partial charge in [0.1, 0.15) is 5.03 Å². The first-order valence-corrected chi connectivity index (χ1v) is 12.8. The van der Waals surface area contributed by atoms with E-state index in [2.05, 4.69) is 44.6 Å². The van der Waals surface area contributed by atoms with Crippen LogP contribution in [0.25, 0.3) is 0 Å². The Hall–Kier alpha value is -2.36. The highest BCUT2D eigenvalue weighted by Gasteiger charge is 2.30. The Bertz CT molecular complexity index is 1210. The third-order valence-electron chi connectivity index (χ3n) is 5.97. The molecule has 0 bridgehead atoms. The molecule has 176 valence electrons. The number of benzene rings is 2. The van der Waals surface area contributed by atoms with E-state index in [0.29, 0.717) is 38.1 Å². The number of halogens is 2. The van der Waals surface area contributed by atoms with Crippen molar-refractivity contribution in [2.45, 2.75) is 18.5 Å². The van der Waals surface area contributed by atoms with Crippen LogP contribution >= 0.6 is 35.0 Å². The smallest absolute Gasteiger partial charge is 0.263 e. The maximum Gasteiger partial charge on any atom is 0.263 e. The molecule has 2 N–H and O–H groups in total. The van der Waals surface area contributed by atoms with Crippen LogP contribution in [0, 0.1) is 6.92 Å². The first kappa shape index (κ1) is 23.4. The second-order valence-corrected chi connectivity index (χ2v) is 10.0. The molecule has 3 aromatic rings. The number of para-hydroxylation sites is 1. The summed E-state index contributed by atoms with van der Waals surface area (Å²) in [6, 6.07) is 11.5. The fourth-order valence-corrected chi connectivity index (χ4v) is 5.66. The van der Waals surface area contributed by atoms with Gasteiger partial charge in [-0.05, 0) is 42.3 Å². The van der Waals surface area contributed by atoms with Crippen molar-refractivity contribution in [1.82, 2.24) is 20.2 Å². The molecule has 10 heteroatoms. The Morgan fingerprint density at radius 2 is 1.91 bits per heavy atom. The number of carbonyl (C=O) groups excluding carboxylic acids is 1. The molecule has 0 spiro atoms. The summed E-state index contributed by atoms with van der Waals surface area (Å²) in [5, 5.41) is 8.16. The summed E-state index contributed by atoms with van der Waals surface area (Å²) in [5.74, 6) is 0.604. The van der Waals surface area contributed by atoms with E-state index in [9.17, 15) is 4.79 Å². The van der Waals surface area contributed by atoms with Gasteiger partial charge in [-0.15, -0.1) is 0 Å². The zero-order chi connectivity index (χ0) is 23.7. The van der Waals surface area contributed by atoms with E-state index < -0.39 is 0 Å². The first-order chi connectivity index (χ1) is 16.5. The number of nitrogens with one attached hydrogen (secondary N) is 2. The Morgan fingerprint density at radius 3 is 2.65 bits per heavy atom. The van der Waals surface area contributed by atoms with Crippen molar-refractivity contribution in [3.05, 3.63) is 69.3 Å². The lowest BCUT2D eigenvalue weighted by Crippen LogP contribution is -2.42. The Kier molecular flexibility index (Phi) is 6.94. The van der Waals surface area contributed by atoms with E-state index in [1.54, 1.807) is 29.3 Å². The number of carbonyl (C=O) groups is 1. The summed E-state index contributed by atoms with van der Waals surface area (Å²) < 4.78 is 0. The van der Waals surface area contributed by atoms with Crippen LogP contribution in [-0.2, 0) is 6.54 Å². The van der Waals surface area contributed by atoms with Crippen molar-refractivity contribution < 1.29 is 4.79 Å². The fraction of sp³-hybridized carbons (Fsp3) is 0.292. The second-order valence-electron chi connectivity index (χ2n) is 8.28. The lowest BCUT2D eigenvalue weighted by Gasteiger charge is -2.28. The third kappa shape index (κ3) is 4.87. The number of aryl methyl sites for hydroxylation is 1. The van der Waals surface area contributed by atoms with Crippen molar-refractivity contribution in [2.24, 2.45) is 0 Å². The lowest BCUT2D eigenvalue weighted by molar-refractivity contribution is 0.0985. The van der Waals surface area contributed by atoms with Crippen molar-refractivity contribution in [2.75, 3.05) is 42.3 Å². The highest BCUT2D eigenvalue weighted by Crippen LogP contribution is 2.39. The second kappa shape index (κ2) is 10.1. The topological polar surface area (TPSA) is 73.4 Å². The van der Waals surface area contributed by atoms with Gasteiger partial charge in [0.25, 0.3) is 5.91 Å². The maximum atomic E-state index is 13.1. The van der Waals surface area contributed by atoms with Crippen LogP contribution in [0.4, 0.5) is 17.3 Å². The standard InChI is InChI=1S/C24H24Cl2N6OS/c1-15-11-17(6-5-16(15)13-31-9-7-27-8-10-31)29-24-28-12-18-22(30-24)34-14-32(23(18)33)21-19(25)3-2-4-20(21)26/h2-6,11-12,27H,7-10,13-14H2,1H3,(H,28,29,30). The molecule has 1 aromatic heterocycles. The molecule has 7 nitrogen and oxygen atoms in total. The molecule has 1 amide bonds. The minimum absolute atomic E-state index is 0.219. The number of piperazine rings is 1. The zero-order valence-electron chi connectivity index (χ0n) is 18.6. The number of rotatable bonds is 5. The number of nitrogens with zero attached hydrogens (tertiary/aromatic N) is 4. The summed E-state index contributed by atoms with van der Waals surface area (Å²) >= 11 is 14.1. The molecule has 0 radical (unpaired) electrons. The van der Waals surface area contributed by atoms with Gasteiger partial charge in [0.15, 0.2) is 0 Å². The fourth-order valence-electron chi connectivity index (χ4n) is 4.12. The van der Waals surface area contributed by atoms with E-state index in [1.165, 1.54) is 22.9 Å². The monoisotopic (exact) mass is 514 g/mol. The predicted molar refractivity (Wildman–Crippen MR) is 139 cm³/mol. The summed E-state index contributed by atoms with van der Waals surface area (Å²) in [6.07, 6.45) is 1.56. The molecule has 2 aliphatic heterocycles. The van der Waals surface area contributed by atoms with Crippen LogP contribution in [0.2, 0.25) is 10.0 Å². The molecule has 1 fully saturated rings. The Morgan fingerprint density at radius 1 is 1.15 bits per heavy atom. The molecule has 34 heavy (non-hydrogen) atoms. The van der Waals surface area contributed by atoms with Gasteiger partial charge in [-0.2, -0.15) is 0 Å². The van der Waals surface area contributed by atoms with Gasteiger partial charge in [-0.25, -0.2) is 9.97 Å². The van der Waals surface area contributed by atoms with E-state index in [-0.39, 0.29) is 5.91 Å². The van der Waals surface area contributed by atoms with Crippen molar-refractivity contribution in [1.29, 1.82) is 0 Å². The zero-order valence-corrected chi connectivity index (χ0v) is 21.0. The average Bonchev–Trinajstić information content (AvgIpc) is 2.83. The van der Waals surface area contributed by atoms with Gasteiger partial charge in [-0.3, -0.25) is 14.6 Å². The molecule has 2 aromatic carbocycles. The van der Waals surface area contributed by atoms with E-state index in [4.69, 9.17) is 23.2 Å². The Balaban J connectivity index is 1.31. The normalized spacial score (nSPS) is 16.4. The molecule has 3 heterocycles. The number of thioether (sulfide) groups is 1. The average molecular weight is 515 g/mol. The summed E-state index contributed by atoms with van der Waals surface area (Å²) in [6.45, 7) is 7.29. The first-order valence-electron chi connectivity index (χ1n) is 11.0. The van der Waals surface area contributed by atoms with Crippen molar-refractivity contribution in [3.8, 4) is 0 Å². The van der Waals surface area contributed by atoms with Gasteiger partial charge in [0, 0.05) is 44.6 Å². The van der Waals surface area contributed by atoms with Gasteiger partial charge in [-0.1, -0.05) is 47.1 Å². The highest BCUT2D eigenvalue weighted by molar-refractivity contribution is 7.99. The van der Waals surface area contributed by atoms with Gasteiger partial charge >= 0.3 is 0 Å². The van der Waals surface area contributed by atoms with Crippen LogP contribution in [0.15, 0.2) is 47.6 Å². The molecule has 0 unspecified atom stereocenters. The highest BCUT2D eigenvalue weighted by atomic mass is 35.5. The molecule has 0 atom stereocenters. The molecular formula is C24H24Cl2N6OS. The summed E-state index contributed by atoms with van der Waals surface area (Å²) in [7, 11) is 0. The number of amides is 1. The van der Waals surface area contributed by atoms with E-state index >= 15 is 0 Å². The minimum Gasteiger partial charge on any atom is -0.324 e. The number of hydrogen-bond donors (Lipinski definition) is 2. The number of aromatic nitrogens is 2. The number of hydrogen-bond acceptors (Lipinski definition) is 7. The van der Waals surface area contributed by atoms with Gasteiger partial charge in [0.05, 0.1) is 27.2 Å². The summed E-state index contributed by atoms with van der Waals surface area (Å²) in [5.41, 5.74) is 4.39. The number of fused-ring (bicyclic) bond motifs is 1. The van der Waals surface area contributed by atoms with Crippen LogP contribution in [-0.4, -0.2) is 52.8 Å². The lowest BCUT2D eigenvalue weighted by atomic mass is 10.1. The van der Waals surface area contributed by atoms with Gasteiger partial charge < -0.3 is 10.6 Å². The predicted octanol–water partition coefficient (Wildman–Crippen LogP) is 4.95. The molecule has 1 saturated heterocycles. The van der Waals surface area contributed by atoms with E-state index in [0.717, 1.165) is 38.4 Å². The van der Waals surface area contributed by atoms with Crippen LogP contribution < -0.4 is 15.5 Å².